The number of carbonyl (C=O) groups is 1. The molecule has 0 atom stereocenters. The molecule has 0 aromatic heterocycles. The fraction of sp³-hybridized carbons (Fsp3) is 0.562. The quantitative estimate of drug-likeness (QED) is 0.860. The molecule has 1 heterocycles. The summed E-state index contributed by atoms with van der Waals surface area (Å²) in [6.45, 7) is 3.95. The van der Waals surface area contributed by atoms with Crippen LogP contribution in [-0.2, 0) is 17.9 Å². The number of nitrogens with zero attached hydrogens (tertiary/aromatic N) is 1. The van der Waals surface area contributed by atoms with Gasteiger partial charge >= 0.3 is 0 Å². The molecule has 0 unspecified atom stereocenters. The number of nitrogens with two attached hydrogens (primary N) is 1. The third-order valence-electron chi connectivity index (χ3n) is 4.39. The average Bonchev–Trinajstić information content (AvgIpc) is 3.00. The molecule has 1 saturated carbocycles. The monoisotopic (exact) mass is 345 g/mol. The van der Waals surface area contributed by atoms with Gasteiger partial charge in [0.1, 0.15) is 0 Å². The molecule has 1 aromatic carbocycles. The Morgan fingerprint density at radius 2 is 1.73 bits per heavy atom. The molecule has 3 rings (SSSR count). The lowest BCUT2D eigenvalue weighted by Crippen LogP contribution is -2.42. The number of amides is 1. The number of nitrogens with one attached hydrogen (secondary N) is 1. The maximum atomic E-state index is 11.9. The molecule has 1 amide bonds. The summed E-state index contributed by atoms with van der Waals surface area (Å²) < 4.78 is 0. The predicted octanol–water partition coefficient (Wildman–Crippen LogP) is 2.23. The second-order valence-electron chi connectivity index (χ2n) is 6.09. The van der Waals surface area contributed by atoms with E-state index < -0.39 is 5.54 Å². The number of hydrogen-bond donors (Lipinski definition) is 2. The molecule has 1 aromatic rings. The van der Waals surface area contributed by atoms with Gasteiger partial charge in [0, 0.05) is 13.1 Å². The molecule has 3 N–H and O–H groups in total. The molecule has 1 aliphatic heterocycles. The summed E-state index contributed by atoms with van der Waals surface area (Å²) in [5, 5.41) is 2.98. The van der Waals surface area contributed by atoms with Gasteiger partial charge in [0.25, 0.3) is 0 Å². The van der Waals surface area contributed by atoms with Gasteiger partial charge in [0.05, 0.1) is 5.54 Å². The van der Waals surface area contributed by atoms with Crippen LogP contribution in [0.5, 0.6) is 0 Å². The van der Waals surface area contributed by atoms with E-state index in [0.29, 0.717) is 6.54 Å². The Balaban J connectivity index is 0.00000121. The zero-order valence-corrected chi connectivity index (χ0v) is 14.3. The average molecular weight is 346 g/mol. The molecule has 0 spiro atoms. The van der Waals surface area contributed by atoms with Crippen LogP contribution in [0.2, 0.25) is 0 Å². The zero-order valence-electron chi connectivity index (χ0n) is 12.7. The van der Waals surface area contributed by atoms with E-state index in [0.717, 1.165) is 19.4 Å². The minimum Gasteiger partial charge on any atom is -0.350 e. The molecule has 0 bridgehead atoms. The predicted molar refractivity (Wildman–Crippen MR) is 93.4 cm³/mol. The first-order valence-electron chi connectivity index (χ1n) is 7.54. The highest BCUT2D eigenvalue weighted by atomic mass is 35.5. The number of halogens is 2. The summed E-state index contributed by atoms with van der Waals surface area (Å²) in [5.74, 6) is -0.00604. The molecule has 124 valence electrons. The van der Waals surface area contributed by atoms with Gasteiger partial charge in [-0.2, -0.15) is 0 Å². The number of carbonyl (C=O) groups excluding carboxylic acids is 1. The van der Waals surface area contributed by atoms with E-state index in [2.05, 4.69) is 28.4 Å². The first kappa shape index (κ1) is 19.2. The summed E-state index contributed by atoms with van der Waals surface area (Å²) >= 11 is 0. The van der Waals surface area contributed by atoms with Gasteiger partial charge in [-0.25, -0.2) is 0 Å². The Hall–Kier alpha value is -0.810. The highest BCUT2D eigenvalue weighted by Crippen LogP contribution is 2.32. The van der Waals surface area contributed by atoms with Gasteiger partial charge in [0.15, 0.2) is 0 Å². The van der Waals surface area contributed by atoms with Crippen molar-refractivity contribution in [3.63, 3.8) is 0 Å². The summed E-state index contributed by atoms with van der Waals surface area (Å²) in [6.07, 6.45) is 4.23. The van der Waals surface area contributed by atoms with E-state index in [4.69, 9.17) is 5.73 Å². The third kappa shape index (κ3) is 4.59. The Morgan fingerprint density at radius 3 is 2.32 bits per heavy atom. The summed E-state index contributed by atoms with van der Waals surface area (Å²) in [5.41, 5.74) is 7.85. The van der Waals surface area contributed by atoms with Crippen molar-refractivity contribution in [2.45, 2.75) is 44.3 Å². The number of likely N-dealkylation sites (tertiary alicyclic amines) is 1. The normalized spacial score (nSPS) is 19.0. The number of benzene rings is 1. The molecule has 0 radical (unpaired) electrons. The first-order valence-corrected chi connectivity index (χ1v) is 7.54. The standard InChI is InChI=1S/C16H23N3O.2ClH/c17-16(7-8-16)15(20)18-11-13-5-1-2-6-14(13)12-19-9-3-4-10-19;;/h1-2,5-6H,3-4,7-12,17H2,(H,18,20);2*1H. The molecule has 2 fully saturated rings. The maximum Gasteiger partial charge on any atom is 0.240 e. The van der Waals surface area contributed by atoms with Crippen LogP contribution in [0.3, 0.4) is 0 Å². The maximum absolute atomic E-state index is 11.9. The molecule has 22 heavy (non-hydrogen) atoms. The lowest BCUT2D eigenvalue weighted by molar-refractivity contribution is -0.123. The van der Waals surface area contributed by atoms with Gasteiger partial charge in [-0.1, -0.05) is 24.3 Å². The molecular formula is C16H25Cl2N3O. The topological polar surface area (TPSA) is 58.4 Å². The molecule has 2 aliphatic rings. The SMILES string of the molecule is Cl.Cl.NC1(C(=O)NCc2ccccc2CN2CCCC2)CC1. The van der Waals surface area contributed by atoms with Crippen molar-refractivity contribution in [3.05, 3.63) is 35.4 Å². The van der Waals surface area contributed by atoms with Crippen LogP contribution in [0.1, 0.15) is 36.8 Å². The molecule has 1 aliphatic carbocycles. The number of hydrogen-bond acceptors (Lipinski definition) is 3. The van der Waals surface area contributed by atoms with E-state index in [-0.39, 0.29) is 30.7 Å². The van der Waals surface area contributed by atoms with Crippen molar-refractivity contribution in [1.29, 1.82) is 0 Å². The molecule has 1 saturated heterocycles. The molecular weight excluding hydrogens is 321 g/mol. The minimum atomic E-state index is -0.579. The van der Waals surface area contributed by atoms with Crippen molar-refractivity contribution in [2.24, 2.45) is 5.73 Å². The third-order valence-corrected chi connectivity index (χ3v) is 4.39. The van der Waals surface area contributed by atoms with Gasteiger partial charge < -0.3 is 11.1 Å². The van der Waals surface area contributed by atoms with E-state index in [9.17, 15) is 4.79 Å². The van der Waals surface area contributed by atoms with Crippen LogP contribution in [0.15, 0.2) is 24.3 Å². The smallest absolute Gasteiger partial charge is 0.240 e. The second kappa shape index (κ2) is 8.16. The Morgan fingerprint density at radius 1 is 1.14 bits per heavy atom. The van der Waals surface area contributed by atoms with Crippen molar-refractivity contribution in [1.82, 2.24) is 10.2 Å². The summed E-state index contributed by atoms with van der Waals surface area (Å²) in [7, 11) is 0. The lowest BCUT2D eigenvalue weighted by atomic mass is 10.1. The van der Waals surface area contributed by atoms with Crippen molar-refractivity contribution < 1.29 is 4.79 Å². The Labute approximate surface area is 144 Å². The molecule has 4 nitrogen and oxygen atoms in total. The Kier molecular flexibility index (Phi) is 7.13. The number of rotatable bonds is 5. The highest BCUT2D eigenvalue weighted by molar-refractivity contribution is 5.88. The van der Waals surface area contributed by atoms with Crippen LogP contribution in [-0.4, -0.2) is 29.4 Å². The van der Waals surface area contributed by atoms with Crippen molar-refractivity contribution in [2.75, 3.05) is 13.1 Å². The Bertz CT molecular complexity index is 500. The second-order valence-corrected chi connectivity index (χ2v) is 6.09. The van der Waals surface area contributed by atoms with E-state index >= 15 is 0 Å². The zero-order chi connectivity index (χ0) is 14.0. The fourth-order valence-electron chi connectivity index (χ4n) is 2.78. The van der Waals surface area contributed by atoms with Gasteiger partial charge in [-0.3, -0.25) is 9.69 Å². The first-order chi connectivity index (χ1) is 9.67. The van der Waals surface area contributed by atoms with Crippen LogP contribution in [0.4, 0.5) is 0 Å². The van der Waals surface area contributed by atoms with Crippen molar-refractivity contribution >= 4 is 30.7 Å². The largest absolute Gasteiger partial charge is 0.350 e. The van der Waals surface area contributed by atoms with E-state index in [1.807, 2.05) is 6.07 Å². The van der Waals surface area contributed by atoms with E-state index in [1.54, 1.807) is 0 Å². The highest BCUT2D eigenvalue weighted by Gasteiger charge is 2.45. The van der Waals surface area contributed by atoms with Crippen LogP contribution < -0.4 is 11.1 Å². The van der Waals surface area contributed by atoms with Gasteiger partial charge in [-0.15, -0.1) is 24.8 Å². The van der Waals surface area contributed by atoms with Crippen LogP contribution in [0.25, 0.3) is 0 Å². The fourth-order valence-corrected chi connectivity index (χ4v) is 2.78. The summed E-state index contributed by atoms with van der Waals surface area (Å²) in [6, 6.07) is 8.36. The van der Waals surface area contributed by atoms with Crippen LogP contribution >= 0.6 is 24.8 Å². The van der Waals surface area contributed by atoms with Crippen molar-refractivity contribution in [3.8, 4) is 0 Å². The van der Waals surface area contributed by atoms with E-state index in [1.165, 1.54) is 37.1 Å². The van der Waals surface area contributed by atoms with Crippen LogP contribution in [0, 0.1) is 0 Å². The van der Waals surface area contributed by atoms with Gasteiger partial charge in [0.2, 0.25) is 5.91 Å². The van der Waals surface area contributed by atoms with Gasteiger partial charge in [-0.05, 0) is 49.9 Å². The molecule has 6 heteroatoms. The minimum absolute atomic E-state index is 0. The lowest BCUT2D eigenvalue weighted by Gasteiger charge is -2.18. The summed E-state index contributed by atoms with van der Waals surface area (Å²) in [4.78, 5) is 14.4.